The zero-order chi connectivity index (χ0) is 15.4. The molecule has 0 aliphatic heterocycles. The molecule has 0 aromatic heterocycles. The predicted octanol–water partition coefficient (Wildman–Crippen LogP) is 4.75. The molecule has 2 aromatic carbocycles. The van der Waals surface area contributed by atoms with E-state index < -0.39 is 11.6 Å². The van der Waals surface area contributed by atoms with Crippen molar-refractivity contribution in [2.45, 2.75) is 36.2 Å². The molecular weight excluding hydrogens is 295 g/mol. The Kier molecular flexibility index (Phi) is 5.31. The molecule has 112 valence electrons. The molecule has 0 aliphatic carbocycles. The van der Waals surface area contributed by atoms with Crippen molar-refractivity contribution < 1.29 is 13.2 Å². The van der Waals surface area contributed by atoms with Crippen LogP contribution < -0.4 is 5.32 Å². The molecule has 1 nitrogen and oxygen atoms in total. The van der Waals surface area contributed by atoms with Crippen molar-refractivity contribution in [1.82, 2.24) is 5.32 Å². The van der Waals surface area contributed by atoms with Gasteiger partial charge in [-0.25, -0.2) is 13.2 Å². The summed E-state index contributed by atoms with van der Waals surface area (Å²) in [4.78, 5) is 1.39. The Morgan fingerprint density at radius 1 is 1.00 bits per heavy atom. The van der Waals surface area contributed by atoms with Crippen LogP contribution in [0, 0.1) is 17.5 Å². The molecular formula is C16H16F3NS. The maximum Gasteiger partial charge on any atom is 0.159 e. The summed E-state index contributed by atoms with van der Waals surface area (Å²) in [5, 5.41) is 3.22. The molecule has 1 N–H and O–H groups in total. The lowest BCUT2D eigenvalue weighted by Crippen LogP contribution is -2.22. The highest BCUT2D eigenvalue weighted by Crippen LogP contribution is 2.31. The first-order valence-corrected chi connectivity index (χ1v) is 7.42. The Morgan fingerprint density at radius 3 is 2.43 bits per heavy atom. The minimum Gasteiger partial charge on any atom is -0.310 e. The Bertz CT molecular complexity index is 629. The number of benzene rings is 2. The lowest BCUT2D eigenvalue weighted by Gasteiger charge is -2.12. The predicted molar refractivity (Wildman–Crippen MR) is 78.9 cm³/mol. The summed E-state index contributed by atoms with van der Waals surface area (Å²) >= 11 is 1.28. The van der Waals surface area contributed by atoms with Crippen LogP contribution in [0.25, 0.3) is 0 Å². The normalized spacial score (nSPS) is 11.1. The van der Waals surface area contributed by atoms with Crippen LogP contribution in [0.4, 0.5) is 13.2 Å². The van der Waals surface area contributed by atoms with Crippen molar-refractivity contribution in [3.63, 3.8) is 0 Å². The number of hydrogen-bond acceptors (Lipinski definition) is 2. The van der Waals surface area contributed by atoms with Gasteiger partial charge in [0.05, 0.1) is 0 Å². The average Bonchev–Trinajstić information content (AvgIpc) is 2.43. The molecule has 0 atom stereocenters. The van der Waals surface area contributed by atoms with Crippen molar-refractivity contribution >= 4 is 11.8 Å². The maximum atomic E-state index is 13.4. The molecule has 2 aromatic rings. The van der Waals surface area contributed by atoms with Gasteiger partial charge in [-0.3, -0.25) is 0 Å². The van der Waals surface area contributed by atoms with Crippen molar-refractivity contribution in [1.29, 1.82) is 0 Å². The molecule has 0 radical (unpaired) electrons. The summed E-state index contributed by atoms with van der Waals surface area (Å²) < 4.78 is 39.6. The second-order valence-electron chi connectivity index (χ2n) is 4.97. The van der Waals surface area contributed by atoms with E-state index >= 15 is 0 Å². The monoisotopic (exact) mass is 311 g/mol. The topological polar surface area (TPSA) is 12.0 Å². The molecule has 0 fully saturated rings. The van der Waals surface area contributed by atoms with Crippen LogP contribution >= 0.6 is 11.8 Å². The summed E-state index contributed by atoms with van der Waals surface area (Å²) in [6.45, 7) is 4.52. The summed E-state index contributed by atoms with van der Waals surface area (Å²) in [6.07, 6.45) is 0. The quantitative estimate of drug-likeness (QED) is 0.855. The number of rotatable bonds is 5. The molecule has 0 bridgehead atoms. The van der Waals surface area contributed by atoms with E-state index in [1.165, 1.54) is 30.0 Å². The van der Waals surface area contributed by atoms with E-state index in [2.05, 4.69) is 5.32 Å². The van der Waals surface area contributed by atoms with Crippen molar-refractivity contribution in [2.75, 3.05) is 0 Å². The number of halogens is 3. The van der Waals surface area contributed by atoms with E-state index in [4.69, 9.17) is 0 Å². The van der Waals surface area contributed by atoms with E-state index in [0.717, 1.165) is 22.6 Å². The van der Waals surface area contributed by atoms with Gasteiger partial charge < -0.3 is 5.32 Å². The van der Waals surface area contributed by atoms with Gasteiger partial charge >= 0.3 is 0 Å². The molecule has 0 spiro atoms. The second kappa shape index (κ2) is 7.00. The van der Waals surface area contributed by atoms with Crippen LogP contribution in [0.3, 0.4) is 0 Å². The van der Waals surface area contributed by atoms with Gasteiger partial charge in [-0.2, -0.15) is 0 Å². The van der Waals surface area contributed by atoms with E-state index in [0.29, 0.717) is 11.4 Å². The highest BCUT2D eigenvalue weighted by Gasteiger charge is 2.09. The summed E-state index contributed by atoms with van der Waals surface area (Å²) in [5.74, 6) is -2.07. The number of hydrogen-bond donors (Lipinski definition) is 1. The summed E-state index contributed by atoms with van der Waals surface area (Å²) in [5.41, 5.74) is 0.790. The van der Waals surface area contributed by atoms with Crippen molar-refractivity contribution in [3.8, 4) is 0 Å². The van der Waals surface area contributed by atoms with Gasteiger partial charge in [0.1, 0.15) is 5.82 Å². The number of nitrogens with one attached hydrogen (secondary N) is 1. The Hall–Kier alpha value is -1.46. The SMILES string of the molecule is CC(C)NCc1cc(F)ccc1Sc1ccc(F)c(F)c1. The molecule has 21 heavy (non-hydrogen) atoms. The Morgan fingerprint density at radius 2 is 1.76 bits per heavy atom. The third kappa shape index (κ3) is 4.51. The Labute approximate surface area is 126 Å². The highest BCUT2D eigenvalue weighted by atomic mass is 32.2. The minimum absolute atomic E-state index is 0.273. The van der Waals surface area contributed by atoms with E-state index in [-0.39, 0.29) is 11.9 Å². The fraction of sp³-hybridized carbons (Fsp3) is 0.250. The van der Waals surface area contributed by atoms with E-state index in [1.807, 2.05) is 13.8 Å². The first kappa shape index (κ1) is 15.9. The van der Waals surface area contributed by atoms with Crippen molar-refractivity contribution in [2.24, 2.45) is 0 Å². The smallest absolute Gasteiger partial charge is 0.159 e. The van der Waals surface area contributed by atoms with Gasteiger partial charge in [0.2, 0.25) is 0 Å². The summed E-state index contributed by atoms with van der Waals surface area (Å²) in [6, 6.07) is 8.48. The first-order chi connectivity index (χ1) is 9.95. The third-order valence-corrected chi connectivity index (χ3v) is 3.95. The second-order valence-corrected chi connectivity index (χ2v) is 6.08. The molecule has 0 aliphatic rings. The molecule has 0 heterocycles. The third-order valence-electron chi connectivity index (χ3n) is 2.84. The van der Waals surface area contributed by atoms with Crippen LogP contribution in [0.15, 0.2) is 46.2 Å². The van der Waals surface area contributed by atoms with Crippen molar-refractivity contribution in [3.05, 3.63) is 59.4 Å². The van der Waals surface area contributed by atoms with Gasteiger partial charge in [-0.05, 0) is 42.0 Å². The zero-order valence-electron chi connectivity index (χ0n) is 11.8. The van der Waals surface area contributed by atoms with Crippen LogP contribution in [-0.4, -0.2) is 6.04 Å². The minimum atomic E-state index is -0.885. The molecule has 0 amide bonds. The Balaban J connectivity index is 2.23. The highest BCUT2D eigenvalue weighted by molar-refractivity contribution is 7.99. The lowest BCUT2D eigenvalue weighted by atomic mass is 10.2. The van der Waals surface area contributed by atoms with Gasteiger partial charge in [-0.15, -0.1) is 0 Å². The summed E-state index contributed by atoms with van der Waals surface area (Å²) in [7, 11) is 0. The molecule has 5 heteroatoms. The van der Waals surface area contributed by atoms with E-state index in [1.54, 1.807) is 6.07 Å². The fourth-order valence-electron chi connectivity index (χ4n) is 1.77. The molecule has 0 unspecified atom stereocenters. The lowest BCUT2D eigenvalue weighted by molar-refractivity contribution is 0.506. The standard InChI is InChI=1S/C16H16F3NS/c1-10(2)20-9-11-7-12(17)3-6-16(11)21-13-4-5-14(18)15(19)8-13/h3-8,10,20H,9H2,1-2H3. The van der Waals surface area contributed by atoms with Gasteiger partial charge in [0, 0.05) is 22.4 Å². The van der Waals surface area contributed by atoms with Crippen LogP contribution in [-0.2, 0) is 6.54 Å². The molecule has 2 rings (SSSR count). The zero-order valence-corrected chi connectivity index (χ0v) is 12.6. The largest absolute Gasteiger partial charge is 0.310 e. The van der Waals surface area contributed by atoms with Gasteiger partial charge in [0.15, 0.2) is 11.6 Å². The van der Waals surface area contributed by atoms with Crippen LogP contribution in [0.1, 0.15) is 19.4 Å². The van der Waals surface area contributed by atoms with Gasteiger partial charge in [-0.1, -0.05) is 25.6 Å². The molecule has 0 saturated heterocycles. The van der Waals surface area contributed by atoms with Crippen LogP contribution in [0.5, 0.6) is 0 Å². The maximum absolute atomic E-state index is 13.4. The van der Waals surface area contributed by atoms with Crippen LogP contribution in [0.2, 0.25) is 0 Å². The first-order valence-electron chi connectivity index (χ1n) is 6.60. The fourth-order valence-corrected chi connectivity index (χ4v) is 2.72. The van der Waals surface area contributed by atoms with Gasteiger partial charge in [0.25, 0.3) is 0 Å². The molecule has 0 saturated carbocycles. The average molecular weight is 311 g/mol. The van der Waals surface area contributed by atoms with E-state index in [9.17, 15) is 13.2 Å².